The molecule has 118 valence electrons. The van der Waals surface area contributed by atoms with Crippen molar-refractivity contribution >= 4 is 22.5 Å². The number of ether oxygens (including phenoxy) is 1. The van der Waals surface area contributed by atoms with Crippen molar-refractivity contribution in [1.29, 1.82) is 0 Å². The van der Waals surface area contributed by atoms with Crippen LogP contribution in [0.15, 0.2) is 40.3 Å². The summed E-state index contributed by atoms with van der Waals surface area (Å²) in [6, 6.07) is 3.03. The first-order chi connectivity index (χ1) is 11.1. The second kappa shape index (κ2) is 6.21. The smallest absolute Gasteiger partial charge is 0.328 e. The van der Waals surface area contributed by atoms with Gasteiger partial charge in [0.15, 0.2) is 0 Å². The van der Waals surface area contributed by atoms with Crippen LogP contribution in [0.4, 0.5) is 0 Å². The van der Waals surface area contributed by atoms with Crippen LogP contribution in [0.3, 0.4) is 0 Å². The van der Waals surface area contributed by atoms with Crippen molar-refractivity contribution in [2.24, 2.45) is 0 Å². The Labute approximate surface area is 135 Å². The maximum atomic E-state index is 12.5. The van der Waals surface area contributed by atoms with E-state index in [0.717, 1.165) is 4.57 Å². The fourth-order valence-corrected chi connectivity index (χ4v) is 2.54. The first kappa shape index (κ1) is 15.2. The number of aromatic nitrogens is 4. The number of halogens is 1. The summed E-state index contributed by atoms with van der Waals surface area (Å²) in [5.41, 5.74) is 0.191. The van der Waals surface area contributed by atoms with Gasteiger partial charge in [-0.15, -0.1) is 0 Å². The first-order valence-corrected chi connectivity index (χ1v) is 7.23. The SMILES string of the molecule is COc1cc2[nH]c(=O)n(CCc3cnccn3)c(=O)c2cc1Cl. The molecule has 0 radical (unpaired) electrons. The Balaban J connectivity index is 2.04. The molecule has 0 aliphatic rings. The molecule has 1 N–H and O–H groups in total. The lowest BCUT2D eigenvalue weighted by molar-refractivity contribution is 0.415. The van der Waals surface area contributed by atoms with Gasteiger partial charge in [-0.25, -0.2) is 4.79 Å². The molecule has 2 heterocycles. The Bertz CT molecular complexity index is 966. The molecule has 23 heavy (non-hydrogen) atoms. The van der Waals surface area contributed by atoms with Crippen molar-refractivity contribution in [1.82, 2.24) is 19.5 Å². The third-order valence-corrected chi connectivity index (χ3v) is 3.76. The van der Waals surface area contributed by atoms with Gasteiger partial charge in [-0.2, -0.15) is 0 Å². The van der Waals surface area contributed by atoms with E-state index in [2.05, 4.69) is 15.0 Å². The number of benzene rings is 1. The second-order valence-corrected chi connectivity index (χ2v) is 5.27. The lowest BCUT2D eigenvalue weighted by atomic mass is 10.2. The van der Waals surface area contributed by atoms with E-state index in [-0.39, 0.29) is 6.54 Å². The van der Waals surface area contributed by atoms with Gasteiger partial charge < -0.3 is 9.72 Å². The number of aryl methyl sites for hydroxylation is 1. The van der Waals surface area contributed by atoms with E-state index in [9.17, 15) is 9.59 Å². The first-order valence-electron chi connectivity index (χ1n) is 6.85. The Morgan fingerprint density at radius 1 is 1.30 bits per heavy atom. The summed E-state index contributed by atoms with van der Waals surface area (Å²) in [5, 5.41) is 0.638. The summed E-state index contributed by atoms with van der Waals surface area (Å²) in [6.07, 6.45) is 5.15. The van der Waals surface area contributed by atoms with Crippen LogP contribution in [0.1, 0.15) is 5.69 Å². The highest BCUT2D eigenvalue weighted by Gasteiger charge is 2.11. The average molecular weight is 333 g/mol. The molecule has 0 amide bonds. The molecule has 0 aliphatic heterocycles. The molecule has 0 fully saturated rings. The third kappa shape index (κ3) is 2.95. The van der Waals surface area contributed by atoms with Gasteiger partial charge in [0, 0.05) is 37.6 Å². The Hall–Kier alpha value is -2.67. The monoisotopic (exact) mass is 332 g/mol. The zero-order valence-electron chi connectivity index (χ0n) is 12.2. The summed E-state index contributed by atoms with van der Waals surface area (Å²) in [5.74, 6) is 0.395. The van der Waals surface area contributed by atoms with Crippen LogP contribution in [-0.2, 0) is 13.0 Å². The van der Waals surface area contributed by atoms with Crippen molar-refractivity contribution in [2.45, 2.75) is 13.0 Å². The van der Waals surface area contributed by atoms with Crippen LogP contribution in [0.25, 0.3) is 10.9 Å². The predicted octanol–water partition coefficient (Wildman–Crippen LogP) is 1.38. The van der Waals surface area contributed by atoms with Crippen molar-refractivity contribution < 1.29 is 4.74 Å². The predicted molar refractivity (Wildman–Crippen MR) is 86.1 cm³/mol. The minimum Gasteiger partial charge on any atom is -0.495 e. The van der Waals surface area contributed by atoms with Crippen LogP contribution in [-0.4, -0.2) is 26.6 Å². The molecule has 8 heteroatoms. The third-order valence-electron chi connectivity index (χ3n) is 3.46. The molecule has 0 atom stereocenters. The van der Waals surface area contributed by atoms with E-state index in [1.165, 1.54) is 19.2 Å². The topological polar surface area (TPSA) is 89.9 Å². The quantitative estimate of drug-likeness (QED) is 0.779. The standard InChI is InChI=1S/C15H13ClN4O3/c1-23-13-7-12-10(6-11(13)16)14(21)20(15(22)19-12)5-2-9-8-17-3-4-18-9/h3-4,6-8H,2,5H2,1H3,(H,19,22). The van der Waals surface area contributed by atoms with Crippen LogP contribution >= 0.6 is 11.6 Å². The molecule has 0 saturated carbocycles. The lowest BCUT2D eigenvalue weighted by Gasteiger charge is -2.08. The largest absolute Gasteiger partial charge is 0.495 e. The number of nitrogens with one attached hydrogen (secondary N) is 1. The number of rotatable bonds is 4. The molecular formula is C15H13ClN4O3. The molecule has 0 saturated heterocycles. The van der Waals surface area contributed by atoms with Crippen molar-refractivity contribution in [3.63, 3.8) is 0 Å². The van der Waals surface area contributed by atoms with E-state index in [4.69, 9.17) is 16.3 Å². The number of H-pyrrole nitrogens is 1. The molecule has 0 aliphatic carbocycles. The Morgan fingerprint density at radius 2 is 2.13 bits per heavy atom. The van der Waals surface area contributed by atoms with Gasteiger partial charge in [0.1, 0.15) is 5.75 Å². The molecular weight excluding hydrogens is 320 g/mol. The van der Waals surface area contributed by atoms with Crippen LogP contribution in [0.2, 0.25) is 5.02 Å². The Morgan fingerprint density at radius 3 is 2.83 bits per heavy atom. The van der Waals surface area contributed by atoms with Gasteiger partial charge in [0.05, 0.1) is 28.7 Å². The molecule has 0 unspecified atom stereocenters. The van der Waals surface area contributed by atoms with Gasteiger partial charge >= 0.3 is 5.69 Å². The average Bonchev–Trinajstić information content (AvgIpc) is 2.56. The van der Waals surface area contributed by atoms with E-state index in [1.54, 1.807) is 18.6 Å². The zero-order valence-corrected chi connectivity index (χ0v) is 13.0. The fraction of sp³-hybridized carbons (Fsp3) is 0.200. The number of methoxy groups -OCH3 is 1. The lowest BCUT2D eigenvalue weighted by Crippen LogP contribution is -2.35. The number of nitrogens with zero attached hydrogens (tertiary/aromatic N) is 3. The summed E-state index contributed by atoms with van der Waals surface area (Å²) >= 11 is 6.06. The van der Waals surface area contributed by atoms with Gasteiger partial charge in [-0.1, -0.05) is 11.6 Å². The minimum atomic E-state index is -0.490. The maximum absolute atomic E-state index is 12.5. The second-order valence-electron chi connectivity index (χ2n) is 4.87. The van der Waals surface area contributed by atoms with Crippen LogP contribution in [0.5, 0.6) is 5.75 Å². The van der Waals surface area contributed by atoms with E-state index in [1.807, 2.05) is 0 Å². The number of hydrogen-bond acceptors (Lipinski definition) is 5. The van der Waals surface area contributed by atoms with Gasteiger partial charge in [0.2, 0.25) is 0 Å². The van der Waals surface area contributed by atoms with Crippen molar-refractivity contribution in [2.75, 3.05) is 7.11 Å². The minimum absolute atomic E-state index is 0.201. The maximum Gasteiger partial charge on any atom is 0.328 e. The highest BCUT2D eigenvalue weighted by Crippen LogP contribution is 2.26. The number of hydrogen-bond donors (Lipinski definition) is 1. The van der Waals surface area contributed by atoms with E-state index >= 15 is 0 Å². The molecule has 0 spiro atoms. The van der Waals surface area contributed by atoms with Crippen LogP contribution in [0, 0.1) is 0 Å². The molecule has 3 rings (SSSR count). The molecule has 3 aromatic rings. The highest BCUT2D eigenvalue weighted by molar-refractivity contribution is 6.32. The van der Waals surface area contributed by atoms with E-state index in [0.29, 0.717) is 33.8 Å². The fourth-order valence-electron chi connectivity index (χ4n) is 2.30. The molecule has 0 bridgehead atoms. The van der Waals surface area contributed by atoms with Gasteiger partial charge in [-0.05, 0) is 6.07 Å². The molecule has 1 aromatic carbocycles. The van der Waals surface area contributed by atoms with Gasteiger partial charge in [0.25, 0.3) is 5.56 Å². The Kier molecular flexibility index (Phi) is 4.12. The van der Waals surface area contributed by atoms with Gasteiger partial charge in [-0.3, -0.25) is 19.3 Å². The normalized spacial score (nSPS) is 10.9. The van der Waals surface area contributed by atoms with Crippen LogP contribution < -0.4 is 16.0 Å². The number of aromatic amines is 1. The highest BCUT2D eigenvalue weighted by atomic mass is 35.5. The molecule has 2 aromatic heterocycles. The zero-order chi connectivity index (χ0) is 16.4. The summed E-state index contributed by atoms with van der Waals surface area (Å²) in [4.78, 5) is 35.4. The molecule has 7 nitrogen and oxygen atoms in total. The van der Waals surface area contributed by atoms with Crippen molar-refractivity contribution in [3.05, 3.63) is 62.3 Å². The van der Waals surface area contributed by atoms with Crippen molar-refractivity contribution in [3.8, 4) is 5.75 Å². The number of fused-ring (bicyclic) bond motifs is 1. The summed E-state index contributed by atoms with van der Waals surface area (Å²) in [6.45, 7) is 0.201. The summed E-state index contributed by atoms with van der Waals surface area (Å²) in [7, 11) is 1.47. The van der Waals surface area contributed by atoms with E-state index < -0.39 is 11.2 Å². The summed E-state index contributed by atoms with van der Waals surface area (Å²) < 4.78 is 6.22.